The van der Waals surface area contributed by atoms with Crippen LogP contribution in [0.5, 0.6) is 0 Å². The van der Waals surface area contributed by atoms with E-state index in [9.17, 15) is 4.79 Å². The molecule has 3 nitrogen and oxygen atoms in total. The van der Waals surface area contributed by atoms with Crippen LogP contribution in [0.15, 0.2) is 32.4 Å². The van der Waals surface area contributed by atoms with Crippen LogP contribution in [0.2, 0.25) is 0 Å². The molecule has 2 heterocycles. The van der Waals surface area contributed by atoms with Gasteiger partial charge in [0.1, 0.15) is 0 Å². The van der Waals surface area contributed by atoms with Crippen molar-refractivity contribution in [2.75, 3.05) is 11.6 Å². The molecular weight excluding hydrogens is 388 g/mol. The van der Waals surface area contributed by atoms with E-state index in [4.69, 9.17) is 0 Å². The molecule has 0 atom stereocenters. The molecule has 1 N–H and O–H groups in total. The summed E-state index contributed by atoms with van der Waals surface area (Å²) in [7, 11) is 0. The number of aromatic nitrogens is 1. The fourth-order valence-electron chi connectivity index (χ4n) is 1.83. The number of nitrogens with zero attached hydrogens (tertiary/aromatic N) is 1. The molecule has 108 valence electrons. The smallest absolute Gasteiger partial charge is 0.265 e. The van der Waals surface area contributed by atoms with Crippen LogP contribution >= 0.6 is 50.4 Å². The average molecular weight is 399 g/mol. The Labute approximate surface area is 142 Å². The number of anilines is 1. The van der Waals surface area contributed by atoms with Crippen molar-refractivity contribution in [1.29, 1.82) is 0 Å². The second-order valence-corrected chi connectivity index (χ2v) is 8.84. The molecule has 21 heavy (non-hydrogen) atoms. The molecule has 0 radical (unpaired) electrons. The third kappa shape index (κ3) is 3.15. The lowest BCUT2D eigenvalue weighted by atomic mass is 10.3. The van der Waals surface area contributed by atoms with Gasteiger partial charge in [-0.25, -0.2) is 4.98 Å². The Kier molecular flexibility index (Phi) is 4.35. The van der Waals surface area contributed by atoms with E-state index in [0.717, 1.165) is 29.6 Å². The van der Waals surface area contributed by atoms with E-state index in [0.29, 0.717) is 4.88 Å². The van der Waals surface area contributed by atoms with Gasteiger partial charge in [0.05, 0.1) is 18.9 Å². The van der Waals surface area contributed by atoms with Crippen molar-refractivity contribution in [2.45, 2.75) is 11.3 Å². The molecule has 0 spiro atoms. The number of nitrogens with one attached hydrogen (secondary N) is 1. The number of benzene rings is 1. The fraction of sp³-hybridized carbons (Fsp3) is 0.143. The first-order chi connectivity index (χ1) is 10.1. The Morgan fingerprint density at radius 2 is 2.14 bits per heavy atom. The lowest BCUT2D eigenvalue weighted by Gasteiger charge is -2.02. The molecule has 0 aliphatic rings. The Morgan fingerprint density at radius 3 is 2.81 bits per heavy atom. The quantitative estimate of drug-likeness (QED) is 0.600. The highest BCUT2D eigenvalue weighted by Gasteiger charge is 2.12. The Hall–Kier alpha value is -0.890. The van der Waals surface area contributed by atoms with Crippen molar-refractivity contribution in [2.24, 2.45) is 0 Å². The molecule has 0 bridgehead atoms. The number of halogens is 1. The molecule has 0 saturated heterocycles. The minimum atomic E-state index is -0.0808. The number of fused-ring (bicyclic) bond motifs is 1. The molecule has 3 rings (SSSR count). The maximum absolute atomic E-state index is 12.2. The molecule has 0 saturated carbocycles. The number of thiazole rings is 1. The van der Waals surface area contributed by atoms with Crippen LogP contribution in [0.4, 0.5) is 5.69 Å². The minimum Gasteiger partial charge on any atom is -0.321 e. The largest absolute Gasteiger partial charge is 0.321 e. The molecule has 7 heteroatoms. The number of thioether (sulfide) groups is 1. The van der Waals surface area contributed by atoms with Gasteiger partial charge in [-0.05, 0) is 58.9 Å². The zero-order chi connectivity index (χ0) is 15.0. The predicted molar refractivity (Wildman–Crippen MR) is 96.1 cm³/mol. The second-order valence-electron chi connectivity index (χ2n) is 4.39. The van der Waals surface area contributed by atoms with Gasteiger partial charge in [0, 0.05) is 5.69 Å². The highest BCUT2D eigenvalue weighted by atomic mass is 79.9. The monoisotopic (exact) mass is 398 g/mol. The third-order valence-corrected chi connectivity index (χ3v) is 7.02. The molecular formula is C14H11BrN2OS3. The van der Waals surface area contributed by atoms with Gasteiger partial charge in [0.15, 0.2) is 4.34 Å². The van der Waals surface area contributed by atoms with Gasteiger partial charge in [-0.1, -0.05) is 11.8 Å². The SMILES string of the molecule is CSc1nc2ccc(NC(=O)c3cc(C)c(Br)s3)cc2s1. The van der Waals surface area contributed by atoms with Crippen molar-refractivity contribution in [3.63, 3.8) is 0 Å². The average Bonchev–Trinajstić information content (AvgIpc) is 3.02. The standard InChI is InChI=1S/C14H11BrN2OS3/c1-7-5-11(20-12(7)15)13(18)16-8-3-4-9-10(6-8)21-14(17-9)19-2/h3-6H,1-2H3,(H,16,18). The summed E-state index contributed by atoms with van der Waals surface area (Å²) in [5, 5.41) is 2.94. The summed E-state index contributed by atoms with van der Waals surface area (Å²) in [6.07, 6.45) is 2.01. The van der Waals surface area contributed by atoms with Crippen molar-refractivity contribution in [3.05, 3.63) is 38.5 Å². The number of hydrogen-bond donors (Lipinski definition) is 1. The Balaban J connectivity index is 1.85. The van der Waals surface area contributed by atoms with Crippen molar-refractivity contribution in [1.82, 2.24) is 4.98 Å². The topological polar surface area (TPSA) is 42.0 Å². The molecule has 0 aliphatic carbocycles. The Morgan fingerprint density at radius 1 is 1.33 bits per heavy atom. The zero-order valence-corrected chi connectivity index (χ0v) is 15.3. The summed E-state index contributed by atoms with van der Waals surface area (Å²) >= 11 is 8.16. The van der Waals surface area contributed by atoms with Gasteiger partial charge in [-0.2, -0.15) is 0 Å². The highest BCUT2D eigenvalue weighted by molar-refractivity contribution is 9.11. The van der Waals surface area contributed by atoms with Gasteiger partial charge in [-0.3, -0.25) is 4.79 Å². The van der Waals surface area contributed by atoms with Crippen LogP contribution in [0.25, 0.3) is 10.2 Å². The number of carbonyl (C=O) groups is 1. The maximum Gasteiger partial charge on any atom is 0.265 e. The van der Waals surface area contributed by atoms with Gasteiger partial charge in [-0.15, -0.1) is 22.7 Å². The number of thiophene rings is 1. The lowest BCUT2D eigenvalue weighted by molar-refractivity contribution is 0.103. The summed E-state index contributed by atoms with van der Waals surface area (Å²) in [5.41, 5.74) is 2.84. The van der Waals surface area contributed by atoms with E-state index in [1.165, 1.54) is 11.3 Å². The Bertz CT molecular complexity index is 805. The van der Waals surface area contributed by atoms with Crippen LogP contribution in [-0.4, -0.2) is 17.1 Å². The van der Waals surface area contributed by atoms with Crippen LogP contribution in [0.1, 0.15) is 15.2 Å². The lowest BCUT2D eigenvalue weighted by Crippen LogP contribution is -2.09. The van der Waals surface area contributed by atoms with E-state index >= 15 is 0 Å². The summed E-state index contributed by atoms with van der Waals surface area (Å²) < 4.78 is 3.11. The van der Waals surface area contributed by atoms with E-state index in [1.54, 1.807) is 23.1 Å². The number of aryl methyl sites for hydroxylation is 1. The summed E-state index contributed by atoms with van der Waals surface area (Å²) in [6, 6.07) is 7.69. The number of rotatable bonds is 3. The number of carbonyl (C=O) groups excluding carboxylic acids is 1. The first-order valence-electron chi connectivity index (χ1n) is 6.08. The highest BCUT2D eigenvalue weighted by Crippen LogP contribution is 2.31. The van der Waals surface area contributed by atoms with E-state index in [-0.39, 0.29) is 5.91 Å². The summed E-state index contributed by atoms with van der Waals surface area (Å²) in [5.74, 6) is -0.0808. The summed E-state index contributed by atoms with van der Waals surface area (Å²) in [6.45, 7) is 1.98. The van der Waals surface area contributed by atoms with Crippen LogP contribution in [-0.2, 0) is 0 Å². The van der Waals surface area contributed by atoms with E-state index in [2.05, 4.69) is 26.2 Å². The van der Waals surface area contributed by atoms with E-state index in [1.807, 2.05) is 37.4 Å². The van der Waals surface area contributed by atoms with Crippen LogP contribution in [0.3, 0.4) is 0 Å². The van der Waals surface area contributed by atoms with Crippen molar-refractivity contribution >= 4 is 72.2 Å². The number of amides is 1. The zero-order valence-electron chi connectivity index (χ0n) is 11.3. The normalized spacial score (nSPS) is 11.0. The van der Waals surface area contributed by atoms with E-state index < -0.39 is 0 Å². The van der Waals surface area contributed by atoms with Crippen molar-refractivity contribution in [3.8, 4) is 0 Å². The first kappa shape index (κ1) is 15.0. The molecule has 2 aromatic heterocycles. The van der Waals surface area contributed by atoms with Gasteiger partial charge in [0.2, 0.25) is 0 Å². The molecule has 0 aliphatic heterocycles. The molecule has 1 aromatic carbocycles. The fourth-order valence-corrected chi connectivity index (χ4v) is 4.79. The molecule has 1 amide bonds. The van der Waals surface area contributed by atoms with Gasteiger partial charge in [0.25, 0.3) is 5.91 Å². The van der Waals surface area contributed by atoms with Crippen LogP contribution < -0.4 is 5.32 Å². The predicted octanol–water partition coefficient (Wildman–Crippen LogP) is 5.40. The van der Waals surface area contributed by atoms with Crippen molar-refractivity contribution < 1.29 is 4.79 Å². The molecule has 3 aromatic rings. The minimum absolute atomic E-state index is 0.0808. The van der Waals surface area contributed by atoms with Gasteiger partial charge < -0.3 is 5.32 Å². The van der Waals surface area contributed by atoms with Crippen LogP contribution in [0, 0.1) is 6.92 Å². The molecule has 0 fully saturated rings. The maximum atomic E-state index is 12.2. The third-order valence-electron chi connectivity index (χ3n) is 2.88. The summed E-state index contributed by atoms with van der Waals surface area (Å²) in [4.78, 5) is 17.4. The van der Waals surface area contributed by atoms with Gasteiger partial charge >= 0.3 is 0 Å². The second kappa shape index (κ2) is 6.08. The first-order valence-corrected chi connectivity index (χ1v) is 9.74. The number of hydrogen-bond acceptors (Lipinski definition) is 5. The molecule has 0 unspecified atom stereocenters.